The molecule has 2 aromatic heterocycles. The molecular formula is C22H27N5OS. The third-order valence-electron chi connectivity index (χ3n) is 5.91. The van der Waals surface area contributed by atoms with Crippen molar-refractivity contribution in [3.8, 4) is 0 Å². The van der Waals surface area contributed by atoms with Crippen LogP contribution in [0.1, 0.15) is 55.6 Å². The van der Waals surface area contributed by atoms with Crippen molar-refractivity contribution in [3.05, 3.63) is 46.8 Å². The normalized spacial score (nSPS) is 18.1. The molecule has 0 saturated heterocycles. The van der Waals surface area contributed by atoms with Crippen molar-refractivity contribution in [2.75, 3.05) is 11.2 Å². The molecule has 0 unspecified atom stereocenters. The van der Waals surface area contributed by atoms with Gasteiger partial charge in [0, 0.05) is 28.2 Å². The Morgan fingerprint density at radius 1 is 1.24 bits per heavy atom. The molecular weight excluding hydrogens is 382 g/mol. The Labute approximate surface area is 175 Å². The number of amides is 1. The first kappa shape index (κ1) is 19.9. The first-order valence-electron chi connectivity index (χ1n) is 9.91. The molecule has 0 spiro atoms. The monoisotopic (exact) mass is 409 g/mol. The van der Waals surface area contributed by atoms with Crippen LogP contribution in [0.3, 0.4) is 0 Å². The number of carbonyl (C=O) groups excluding carboxylic acids is 1. The first-order valence-corrected chi connectivity index (χ1v) is 11.1. The summed E-state index contributed by atoms with van der Waals surface area (Å²) in [6, 6.07) is 8.26. The molecule has 1 aromatic carbocycles. The summed E-state index contributed by atoms with van der Waals surface area (Å²) in [4.78, 5) is 24.6. The molecule has 6 nitrogen and oxygen atoms in total. The number of fused-ring (bicyclic) bond motifs is 2. The number of rotatable bonds is 3. The van der Waals surface area contributed by atoms with E-state index in [4.69, 9.17) is 0 Å². The van der Waals surface area contributed by atoms with E-state index in [9.17, 15) is 4.79 Å². The summed E-state index contributed by atoms with van der Waals surface area (Å²) < 4.78 is 1.75. The predicted octanol–water partition coefficient (Wildman–Crippen LogP) is 4.32. The van der Waals surface area contributed by atoms with Crippen LogP contribution in [0.5, 0.6) is 0 Å². The van der Waals surface area contributed by atoms with E-state index in [2.05, 4.69) is 54.0 Å². The van der Waals surface area contributed by atoms with Gasteiger partial charge in [-0.05, 0) is 57.9 Å². The van der Waals surface area contributed by atoms with Crippen LogP contribution in [0, 0.1) is 13.8 Å². The number of hydrogen-bond acceptors (Lipinski definition) is 5. The average Bonchev–Trinajstić information content (AvgIpc) is 3.07. The Morgan fingerprint density at radius 3 is 2.69 bits per heavy atom. The topological polar surface area (TPSA) is 63.4 Å². The zero-order valence-electron chi connectivity index (χ0n) is 17.9. The highest BCUT2D eigenvalue weighted by Gasteiger charge is 2.39. The molecule has 1 amide bonds. The van der Waals surface area contributed by atoms with Gasteiger partial charge < -0.3 is 4.90 Å². The van der Waals surface area contributed by atoms with Gasteiger partial charge in [-0.2, -0.15) is 4.98 Å². The summed E-state index contributed by atoms with van der Waals surface area (Å²) in [5.41, 5.74) is 4.69. The van der Waals surface area contributed by atoms with Crippen LogP contribution in [-0.4, -0.2) is 37.3 Å². The van der Waals surface area contributed by atoms with Gasteiger partial charge in [-0.25, -0.2) is 9.50 Å². The van der Waals surface area contributed by atoms with E-state index in [0.717, 1.165) is 29.1 Å². The summed E-state index contributed by atoms with van der Waals surface area (Å²) in [6.45, 7) is 10.5. The van der Waals surface area contributed by atoms with Crippen LogP contribution < -0.4 is 4.90 Å². The van der Waals surface area contributed by atoms with Crippen molar-refractivity contribution in [3.63, 3.8) is 0 Å². The van der Waals surface area contributed by atoms with Crippen LogP contribution in [0.2, 0.25) is 0 Å². The highest BCUT2D eigenvalue weighted by atomic mass is 32.2. The van der Waals surface area contributed by atoms with Crippen LogP contribution in [0.4, 0.5) is 5.69 Å². The molecule has 0 radical (unpaired) electrons. The van der Waals surface area contributed by atoms with E-state index in [0.29, 0.717) is 23.3 Å². The quantitative estimate of drug-likeness (QED) is 0.603. The van der Waals surface area contributed by atoms with Crippen molar-refractivity contribution >= 4 is 29.1 Å². The van der Waals surface area contributed by atoms with Gasteiger partial charge in [0.1, 0.15) is 0 Å². The summed E-state index contributed by atoms with van der Waals surface area (Å²) >= 11 is 1.49. The second-order valence-corrected chi connectivity index (χ2v) is 9.23. The smallest absolute Gasteiger partial charge is 0.253 e. The van der Waals surface area contributed by atoms with E-state index in [-0.39, 0.29) is 11.4 Å². The highest BCUT2D eigenvalue weighted by Crippen LogP contribution is 2.43. The fraction of sp³-hybridized carbons (Fsp3) is 0.455. The van der Waals surface area contributed by atoms with Gasteiger partial charge in [0.2, 0.25) is 11.1 Å². The maximum absolute atomic E-state index is 13.6. The molecule has 3 aromatic rings. The first-order chi connectivity index (χ1) is 13.7. The summed E-state index contributed by atoms with van der Waals surface area (Å²) in [5.74, 6) is 1.09. The molecule has 0 N–H and O–H groups in total. The molecule has 1 aliphatic heterocycles. The summed E-state index contributed by atoms with van der Waals surface area (Å²) in [7, 11) is 0. The second-order valence-electron chi connectivity index (χ2n) is 8.45. The molecule has 29 heavy (non-hydrogen) atoms. The van der Waals surface area contributed by atoms with E-state index in [1.165, 1.54) is 17.3 Å². The third kappa shape index (κ3) is 3.31. The van der Waals surface area contributed by atoms with Gasteiger partial charge in [-0.1, -0.05) is 36.9 Å². The number of thioether (sulfide) groups is 1. The predicted molar refractivity (Wildman–Crippen MR) is 117 cm³/mol. The van der Waals surface area contributed by atoms with Crippen LogP contribution in [-0.2, 0) is 11.2 Å². The van der Waals surface area contributed by atoms with Crippen molar-refractivity contribution in [1.82, 2.24) is 19.6 Å². The van der Waals surface area contributed by atoms with E-state index >= 15 is 0 Å². The van der Waals surface area contributed by atoms with Crippen LogP contribution in [0.25, 0.3) is 5.78 Å². The molecule has 1 aliphatic rings. The molecule has 0 saturated carbocycles. The van der Waals surface area contributed by atoms with Gasteiger partial charge in [0.25, 0.3) is 5.78 Å². The number of aryl methyl sites for hydroxylation is 2. The van der Waals surface area contributed by atoms with Gasteiger partial charge >= 0.3 is 0 Å². The second kappa shape index (κ2) is 7.13. The maximum Gasteiger partial charge on any atom is 0.253 e. The van der Waals surface area contributed by atoms with Gasteiger partial charge in [0.15, 0.2) is 0 Å². The minimum atomic E-state index is -0.247. The number of anilines is 1. The minimum absolute atomic E-state index is 0.0897. The molecule has 3 heterocycles. The number of benzene rings is 1. The SMILES string of the molecule is CSc1nc2nc(C)c(CC(=O)N3c4ccccc4[C@@H](C)CC3(C)C)c(C)n2n1. The largest absolute Gasteiger partial charge is 0.306 e. The van der Waals surface area contributed by atoms with Gasteiger partial charge in [-0.15, -0.1) is 5.10 Å². The Morgan fingerprint density at radius 2 is 1.97 bits per heavy atom. The van der Waals surface area contributed by atoms with E-state index in [1.807, 2.05) is 31.1 Å². The Balaban J connectivity index is 1.75. The maximum atomic E-state index is 13.6. The Bertz CT molecular complexity index is 1100. The summed E-state index contributed by atoms with van der Waals surface area (Å²) in [5, 5.41) is 5.19. The standard InChI is InChI=1S/C22H27N5OS/c1-13-12-22(4,5)26(18-10-8-7-9-16(13)18)19(28)11-17-14(2)23-20-24-21(29-6)25-27(20)15(17)3/h7-10,13H,11-12H2,1-6H3/t13-/m0/s1. The number of aromatic nitrogens is 4. The number of carbonyl (C=O) groups is 1. The lowest BCUT2D eigenvalue weighted by Crippen LogP contribution is -2.52. The lowest BCUT2D eigenvalue weighted by Gasteiger charge is -2.46. The molecule has 152 valence electrons. The molecule has 7 heteroatoms. The third-order valence-corrected chi connectivity index (χ3v) is 6.45. The fourth-order valence-electron chi connectivity index (χ4n) is 4.62. The lowest BCUT2D eigenvalue weighted by molar-refractivity contribution is -0.119. The van der Waals surface area contributed by atoms with E-state index in [1.54, 1.807) is 4.52 Å². The van der Waals surface area contributed by atoms with E-state index < -0.39 is 0 Å². The molecule has 1 atom stereocenters. The van der Waals surface area contributed by atoms with Crippen molar-refractivity contribution in [2.24, 2.45) is 0 Å². The van der Waals surface area contributed by atoms with Crippen LogP contribution >= 0.6 is 11.8 Å². The lowest BCUT2D eigenvalue weighted by atomic mass is 9.80. The van der Waals surface area contributed by atoms with Crippen molar-refractivity contribution < 1.29 is 4.79 Å². The average molecular weight is 410 g/mol. The summed E-state index contributed by atoms with van der Waals surface area (Å²) in [6.07, 6.45) is 3.17. The van der Waals surface area contributed by atoms with Crippen molar-refractivity contribution in [2.45, 2.75) is 64.1 Å². The van der Waals surface area contributed by atoms with Gasteiger partial charge in [-0.3, -0.25) is 4.79 Å². The molecule has 4 rings (SSSR count). The zero-order chi connectivity index (χ0) is 20.9. The highest BCUT2D eigenvalue weighted by molar-refractivity contribution is 7.98. The van der Waals surface area contributed by atoms with Crippen LogP contribution in [0.15, 0.2) is 29.4 Å². The molecule has 0 bridgehead atoms. The molecule has 0 aliphatic carbocycles. The number of nitrogens with zero attached hydrogens (tertiary/aromatic N) is 5. The zero-order valence-corrected chi connectivity index (χ0v) is 18.7. The Hall–Kier alpha value is -2.41. The Kier molecular flexibility index (Phi) is 4.89. The minimum Gasteiger partial charge on any atom is -0.306 e. The molecule has 0 fully saturated rings. The fourth-order valence-corrected chi connectivity index (χ4v) is 4.96. The van der Waals surface area contributed by atoms with Crippen molar-refractivity contribution in [1.29, 1.82) is 0 Å². The van der Waals surface area contributed by atoms with Gasteiger partial charge in [0.05, 0.1) is 6.42 Å². The number of hydrogen-bond donors (Lipinski definition) is 0. The number of para-hydroxylation sites is 1.